The van der Waals surface area contributed by atoms with Crippen LogP contribution in [0.4, 0.5) is 0 Å². The van der Waals surface area contributed by atoms with Gasteiger partial charge in [-0.2, -0.15) is 0 Å². The van der Waals surface area contributed by atoms with Crippen LogP contribution in [0.3, 0.4) is 0 Å². The maximum Gasteiger partial charge on any atom is 0.313 e. The minimum atomic E-state index is -0.652. The lowest BCUT2D eigenvalue weighted by Crippen LogP contribution is -2.35. The van der Waals surface area contributed by atoms with Crippen molar-refractivity contribution in [2.75, 3.05) is 0 Å². The lowest BCUT2D eigenvalue weighted by molar-refractivity contribution is -0.150. The zero-order valence-corrected chi connectivity index (χ0v) is 7.55. The van der Waals surface area contributed by atoms with E-state index in [9.17, 15) is 4.79 Å². The fourth-order valence-electron chi connectivity index (χ4n) is 1.49. The lowest BCUT2D eigenvalue weighted by Gasteiger charge is -2.34. The lowest BCUT2D eigenvalue weighted by atomic mass is 9.68. The van der Waals surface area contributed by atoms with Crippen LogP contribution in [-0.2, 0) is 4.79 Å². The normalized spacial score (nSPS) is 20.8. The zero-order valence-electron chi connectivity index (χ0n) is 7.55. The van der Waals surface area contributed by atoms with Crippen molar-refractivity contribution in [2.24, 2.45) is 5.41 Å². The molecule has 0 radical (unpaired) electrons. The van der Waals surface area contributed by atoms with Gasteiger partial charge in [0.2, 0.25) is 0 Å². The van der Waals surface area contributed by atoms with Gasteiger partial charge in [-0.3, -0.25) is 4.79 Å². The van der Waals surface area contributed by atoms with Crippen LogP contribution in [0, 0.1) is 5.41 Å². The van der Waals surface area contributed by atoms with Gasteiger partial charge in [0.05, 0.1) is 5.41 Å². The van der Waals surface area contributed by atoms with Crippen molar-refractivity contribution in [1.29, 1.82) is 0 Å². The highest BCUT2D eigenvalue weighted by molar-refractivity contribution is 5.78. The average molecular weight is 168 g/mol. The number of allylic oxidation sites excluding steroid dienone is 1. The molecule has 0 spiro atoms. The van der Waals surface area contributed by atoms with Crippen LogP contribution in [0.15, 0.2) is 12.2 Å². The second kappa shape index (κ2) is 3.74. The molecule has 0 bridgehead atoms. The molecule has 0 atom stereocenters. The van der Waals surface area contributed by atoms with E-state index < -0.39 is 11.4 Å². The first kappa shape index (κ1) is 9.30. The second-order valence-corrected chi connectivity index (χ2v) is 3.51. The maximum atomic E-state index is 10.8. The molecule has 1 fully saturated rings. The van der Waals surface area contributed by atoms with E-state index in [1.54, 1.807) is 0 Å². The number of hydrogen-bond donors (Lipinski definition) is 1. The van der Waals surface area contributed by atoms with Crippen molar-refractivity contribution in [3.05, 3.63) is 12.2 Å². The fraction of sp³-hybridized carbons (Fsp3) is 0.700. The summed E-state index contributed by atoms with van der Waals surface area (Å²) >= 11 is 0. The van der Waals surface area contributed by atoms with E-state index in [1.165, 1.54) is 0 Å². The first-order valence-electron chi connectivity index (χ1n) is 4.62. The third-order valence-corrected chi connectivity index (χ3v) is 2.56. The van der Waals surface area contributed by atoms with Gasteiger partial charge >= 0.3 is 5.97 Å². The summed E-state index contributed by atoms with van der Waals surface area (Å²) in [5.74, 6) is -0.652. The summed E-state index contributed by atoms with van der Waals surface area (Å²) in [4.78, 5) is 10.8. The molecule has 0 unspecified atom stereocenters. The van der Waals surface area contributed by atoms with Gasteiger partial charge in [0.15, 0.2) is 0 Å². The highest BCUT2D eigenvalue weighted by atomic mass is 16.4. The molecular weight excluding hydrogens is 152 g/mol. The monoisotopic (exact) mass is 168 g/mol. The summed E-state index contributed by atoms with van der Waals surface area (Å²) in [5.41, 5.74) is -0.491. The van der Waals surface area contributed by atoms with E-state index in [2.05, 4.69) is 6.92 Å². The summed E-state index contributed by atoms with van der Waals surface area (Å²) in [6.45, 7) is 2.10. The summed E-state index contributed by atoms with van der Waals surface area (Å²) < 4.78 is 0. The van der Waals surface area contributed by atoms with Gasteiger partial charge in [-0.05, 0) is 19.3 Å². The Morgan fingerprint density at radius 2 is 2.25 bits per heavy atom. The van der Waals surface area contributed by atoms with Crippen molar-refractivity contribution in [3.8, 4) is 0 Å². The van der Waals surface area contributed by atoms with Gasteiger partial charge in [0.1, 0.15) is 0 Å². The molecule has 1 aliphatic carbocycles. The van der Waals surface area contributed by atoms with Crippen LogP contribution in [-0.4, -0.2) is 11.1 Å². The van der Waals surface area contributed by atoms with E-state index in [1.807, 2.05) is 12.2 Å². The molecule has 0 aromatic rings. The van der Waals surface area contributed by atoms with E-state index >= 15 is 0 Å². The molecule has 0 saturated heterocycles. The van der Waals surface area contributed by atoms with Crippen molar-refractivity contribution < 1.29 is 9.90 Å². The smallest absolute Gasteiger partial charge is 0.313 e. The van der Waals surface area contributed by atoms with Gasteiger partial charge in [-0.15, -0.1) is 0 Å². The Hall–Kier alpha value is -0.790. The molecule has 0 heterocycles. The summed E-state index contributed by atoms with van der Waals surface area (Å²) in [6.07, 6.45) is 8.69. The van der Waals surface area contributed by atoms with E-state index in [4.69, 9.17) is 5.11 Å². The number of carboxylic acid groups (broad SMARTS) is 1. The molecule has 1 rings (SSSR count). The third kappa shape index (κ3) is 1.68. The number of rotatable bonds is 4. The van der Waals surface area contributed by atoms with Gasteiger partial charge in [-0.1, -0.05) is 31.9 Å². The van der Waals surface area contributed by atoms with Crippen LogP contribution in [0.2, 0.25) is 0 Å². The summed E-state index contributed by atoms with van der Waals surface area (Å²) in [7, 11) is 0. The standard InChI is InChI=1S/C10H16O2/c1-2-3-4-6-10(9(11)12)7-5-8-10/h4,6H,2-3,5,7-8H2,1H3,(H,11,12)/b6-4+. The number of unbranched alkanes of at least 4 members (excludes halogenated alkanes) is 1. The highest BCUT2D eigenvalue weighted by Crippen LogP contribution is 2.42. The molecule has 12 heavy (non-hydrogen) atoms. The minimum absolute atomic E-state index is 0.491. The molecule has 0 amide bonds. The van der Waals surface area contributed by atoms with Crippen LogP contribution in [0.1, 0.15) is 39.0 Å². The second-order valence-electron chi connectivity index (χ2n) is 3.51. The molecule has 0 aliphatic heterocycles. The quantitative estimate of drug-likeness (QED) is 0.655. The van der Waals surface area contributed by atoms with Gasteiger partial charge in [-0.25, -0.2) is 0 Å². The molecule has 0 aromatic carbocycles. The fourth-order valence-corrected chi connectivity index (χ4v) is 1.49. The highest BCUT2D eigenvalue weighted by Gasteiger charge is 2.41. The van der Waals surface area contributed by atoms with E-state index in [0.29, 0.717) is 0 Å². The van der Waals surface area contributed by atoms with Crippen molar-refractivity contribution in [2.45, 2.75) is 39.0 Å². The Morgan fingerprint density at radius 3 is 2.58 bits per heavy atom. The Balaban J connectivity index is 2.50. The van der Waals surface area contributed by atoms with Gasteiger partial charge in [0.25, 0.3) is 0 Å². The zero-order chi connectivity index (χ0) is 9.03. The van der Waals surface area contributed by atoms with E-state index in [-0.39, 0.29) is 0 Å². The molecule has 68 valence electrons. The Labute approximate surface area is 73.3 Å². The number of carbonyl (C=O) groups is 1. The third-order valence-electron chi connectivity index (χ3n) is 2.56. The maximum absolute atomic E-state index is 10.8. The van der Waals surface area contributed by atoms with Crippen LogP contribution >= 0.6 is 0 Å². The predicted molar refractivity (Wildman–Crippen MR) is 48.0 cm³/mol. The first-order valence-corrected chi connectivity index (χ1v) is 4.62. The Morgan fingerprint density at radius 1 is 1.58 bits per heavy atom. The summed E-state index contributed by atoms with van der Waals surface area (Å²) in [6, 6.07) is 0. The molecule has 1 N–H and O–H groups in total. The molecule has 1 saturated carbocycles. The summed E-state index contributed by atoms with van der Waals surface area (Å²) in [5, 5.41) is 8.93. The van der Waals surface area contributed by atoms with Gasteiger partial charge < -0.3 is 5.11 Å². The SMILES string of the molecule is CCC/C=C/C1(C(=O)O)CCC1. The largest absolute Gasteiger partial charge is 0.481 e. The van der Waals surface area contributed by atoms with Crippen molar-refractivity contribution in [1.82, 2.24) is 0 Å². The molecule has 0 aromatic heterocycles. The molecule has 2 heteroatoms. The first-order chi connectivity index (χ1) is 5.71. The van der Waals surface area contributed by atoms with Crippen LogP contribution in [0.5, 0.6) is 0 Å². The Kier molecular flexibility index (Phi) is 2.90. The number of carboxylic acids is 1. The Bertz CT molecular complexity index is 190. The topological polar surface area (TPSA) is 37.3 Å². The predicted octanol–water partition coefficient (Wildman–Crippen LogP) is 2.60. The number of hydrogen-bond acceptors (Lipinski definition) is 1. The van der Waals surface area contributed by atoms with Gasteiger partial charge in [0, 0.05) is 0 Å². The van der Waals surface area contributed by atoms with Crippen LogP contribution in [0.25, 0.3) is 0 Å². The molecule has 1 aliphatic rings. The van der Waals surface area contributed by atoms with Crippen molar-refractivity contribution in [3.63, 3.8) is 0 Å². The average Bonchev–Trinajstić information content (AvgIpc) is 1.94. The number of aliphatic carboxylic acids is 1. The van der Waals surface area contributed by atoms with Crippen LogP contribution < -0.4 is 0 Å². The van der Waals surface area contributed by atoms with Crippen molar-refractivity contribution >= 4 is 5.97 Å². The minimum Gasteiger partial charge on any atom is -0.481 e. The molecular formula is C10H16O2. The van der Waals surface area contributed by atoms with E-state index in [0.717, 1.165) is 32.1 Å². The molecule has 2 nitrogen and oxygen atoms in total.